The van der Waals surface area contributed by atoms with Crippen molar-refractivity contribution < 1.29 is 14.6 Å². The van der Waals surface area contributed by atoms with E-state index in [4.69, 9.17) is 9.47 Å². The van der Waals surface area contributed by atoms with E-state index in [0.29, 0.717) is 28.9 Å². The average Bonchev–Trinajstić information content (AvgIpc) is 3.05. The summed E-state index contributed by atoms with van der Waals surface area (Å²) in [5.74, 6) is 0.919. The van der Waals surface area contributed by atoms with Crippen molar-refractivity contribution in [1.29, 1.82) is 0 Å². The van der Waals surface area contributed by atoms with Crippen molar-refractivity contribution >= 4 is 10.9 Å². The first-order valence-electron chi connectivity index (χ1n) is 7.76. The Balaban J connectivity index is 1.72. The van der Waals surface area contributed by atoms with Crippen LogP contribution in [0.25, 0.3) is 10.9 Å². The lowest BCUT2D eigenvalue weighted by molar-refractivity contribution is 0.0747. The largest absolute Gasteiger partial charge is 0.493 e. The minimum absolute atomic E-state index is 0.168. The molecule has 2 aromatic rings. The number of H-pyrrole nitrogens is 1. The Morgan fingerprint density at radius 3 is 2.87 bits per heavy atom. The number of ether oxygens (including phenoxy) is 2. The molecule has 1 atom stereocenters. The summed E-state index contributed by atoms with van der Waals surface area (Å²) in [6.07, 6.45) is 3.16. The van der Waals surface area contributed by atoms with Gasteiger partial charge in [0.2, 0.25) is 0 Å². The van der Waals surface area contributed by atoms with Gasteiger partial charge < -0.3 is 24.5 Å². The van der Waals surface area contributed by atoms with Gasteiger partial charge >= 0.3 is 0 Å². The number of aromatic amines is 1. The van der Waals surface area contributed by atoms with Crippen LogP contribution in [0.5, 0.6) is 11.5 Å². The number of benzene rings is 1. The van der Waals surface area contributed by atoms with Crippen molar-refractivity contribution in [2.75, 3.05) is 33.4 Å². The predicted molar refractivity (Wildman–Crippen MR) is 86.1 cm³/mol. The average molecular weight is 319 g/mol. The zero-order valence-corrected chi connectivity index (χ0v) is 13.1. The smallest absolute Gasteiger partial charge is 0.258 e. The second-order valence-corrected chi connectivity index (χ2v) is 5.72. The Morgan fingerprint density at radius 2 is 2.13 bits per heavy atom. The van der Waals surface area contributed by atoms with E-state index in [1.54, 1.807) is 12.1 Å². The van der Waals surface area contributed by atoms with Crippen LogP contribution in [0.15, 0.2) is 23.3 Å². The minimum Gasteiger partial charge on any atom is -0.493 e. The van der Waals surface area contributed by atoms with E-state index in [0.717, 1.165) is 13.1 Å². The molecule has 1 aromatic heterocycles. The Kier molecular flexibility index (Phi) is 4.78. The Hall–Kier alpha value is -2.12. The molecular formula is C16H21N3O4. The van der Waals surface area contributed by atoms with Gasteiger partial charge in [0, 0.05) is 12.6 Å². The maximum atomic E-state index is 11.8. The molecule has 0 amide bonds. The number of aliphatic hydroxyl groups excluding tert-OH is 1. The number of aliphatic hydroxyl groups is 1. The summed E-state index contributed by atoms with van der Waals surface area (Å²) >= 11 is 0. The highest BCUT2D eigenvalue weighted by Crippen LogP contribution is 2.30. The van der Waals surface area contributed by atoms with E-state index in [9.17, 15) is 9.90 Å². The van der Waals surface area contributed by atoms with Gasteiger partial charge in [0.05, 0.1) is 24.3 Å². The highest BCUT2D eigenvalue weighted by Gasteiger charge is 2.17. The van der Waals surface area contributed by atoms with Crippen molar-refractivity contribution in [3.8, 4) is 11.5 Å². The van der Waals surface area contributed by atoms with Crippen LogP contribution < -0.4 is 15.0 Å². The number of methoxy groups -OCH3 is 1. The lowest BCUT2D eigenvalue weighted by atomic mass is 10.2. The van der Waals surface area contributed by atoms with Gasteiger partial charge in [-0.3, -0.25) is 4.79 Å². The molecule has 2 N–H and O–H groups in total. The topological polar surface area (TPSA) is 87.7 Å². The molecule has 2 heterocycles. The summed E-state index contributed by atoms with van der Waals surface area (Å²) in [5.41, 5.74) is 0.299. The van der Waals surface area contributed by atoms with E-state index in [1.165, 1.54) is 26.3 Å². The molecule has 1 aromatic carbocycles. The Labute approximate surface area is 133 Å². The third kappa shape index (κ3) is 3.62. The fourth-order valence-electron chi connectivity index (χ4n) is 2.85. The van der Waals surface area contributed by atoms with Gasteiger partial charge in [-0.2, -0.15) is 0 Å². The molecule has 1 fully saturated rings. The van der Waals surface area contributed by atoms with Gasteiger partial charge in [-0.05, 0) is 32.0 Å². The molecule has 0 unspecified atom stereocenters. The highest BCUT2D eigenvalue weighted by atomic mass is 16.5. The van der Waals surface area contributed by atoms with Crippen LogP contribution in [0.3, 0.4) is 0 Å². The first-order valence-corrected chi connectivity index (χ1v) is 7.76. The van der Waals surface area contributed by atoms with Crippen LogP contribution in [-0.4, -0.2) is 59.4 Å². The maximum absolute atomic E-state index is 11.8. The first kappa shape index (κ1) is 15.8. The molecular weight excluding hydrogens is 298 g/mol. The van der Waals surface area contributed by atoms with Crippen molar-refractivity contribution in [3.05, 3.63) is 28.8 Å². The third-order valence-corrected chi connectivity index (χ3v) is 4.02. The minimum atomic E-state index is -0.569. The lowest BCUT2D eigenvalue weighted by Gasteiger charge is -2.20. The summed E-state index contributed by atoms with van der Waals surface area (Å²) in [6.45, 7) is 2.83. The number of nitrogens with one attached hydrogen (secondary N) is 1. The van der Waals surface area contributed by atoms with Crippen molar-refractivity contribution in [2.45, 2.75) is 18.9 Å². The number of fused-ring (bicyclic) bond motifs is 1. The van der Waals surface area contributed by atoms with Crippen LogP contribution in [0.1, 0.15) is 12.8 Å². The molecule has 0 bridgehead atoms. The van der Waals surface area contributed by atoms with E-state index >= 15 is 0 Å². The maximum Gasteiger partial charge on any atom is 0.258 e. The van der Waals surface area contributed by atoms with Gasteiger partial charge in [0.1, 0.15) is 12.7 Å². The van der Waals surface area contributed by atoms with Crippen LogP contribution in [-0.2, 0) is 0 Å². The molecule has 0 saturated carbocycles. The molecule has 7 heteroatoms. The quantitative estimate of drug-likeness (QED) is 0.817. The molecule has 0 radical (unpaired) electrons. The normalized spacial score (nSPS) is 16.6. The van der Waals surface area contributed by atoms with Gasteiger partial charge in [-0.15, -0.1) is 0 Å². The predicted octanol–water partition coefficient (Wildman–Crippen LogP) is 0.767. The zero-order valence-electron chi connectivity index (χ0n) is 13.1. The molecule has 1 aliphatic rings. The third-order valence-electron chi connectivity index (χ3n) is 4.02. The number of β-amino-alcohol motifs (C(OH)–C–C–N with tert-alkyl or cyclic N) is 1. The molecule has 0 spiro atoms. The number of aromatic nitrogens is 2. The van der Waals surface area contributed by atoms with Gasteiger partial charge in [0.15, 0.2) is 11.5 Å². The van der Waals surface area contributed by atoms with Crippen LogP contribution in [0, 0.1) is 0 Å². The number of hydrogen-bond donors (Lipinski definition) is 2. The standard InChI is InChI=1S/C16H21N3O4/c1-22-14-6-12-13(17-10-18-16(12)21)7-15(14)23-9-11(20)8-19-4-2-3-5-19/h6-7,10-11,20H,2-5,8-9H2,1H3,(H,17,18,21)/t11-/m1/s1. The van der Waals surface area contributed by atoms with Crippen molar-refractivity contribution in [2.24, 2.45) is 0 Å². The Bertz CT molecular complexity index is 725. The Morgan fingerprint density at radius 1 is 1.35 bits per heavy atom. The lowest BCUT2D eigenvalue weighted by Crippen LogP contribution is -2.33. The monoisotopic (exact) mass is 319 g/mol. The molecule has 3 rings (SSSR count). The first-order chi connectivity index (χ1) is 11.2. The second kappa shape index (κ2) is 6.97. The highest BCUT2D eigenvalue weighted by molar-refractivity contribution is 5.81. The number of rotatable bonds is 6. The van der Waals surface area contributed by atoms with Crippen LogP contribution >= 0.6 is 0 Å². The van der Waals surface area contributed by atoms with E-state index in [-0.39, 0.29) is 12.2 Å². The number of nitrogens with zero attached hydrogens (tertiary/aromatic N) is 2. The SMILES string of the molecule is COc1cc2c(=O)[nH]cnc2cc1OC[C@H](O)CN1CCCC1. The van der Waals surface area contributed by atoms with E-state index in [1.807, 2.05) is 0 Å². The number of likely N-dealkylation sites (tertiary alicyclic amines) is 1. The molecule has 23 heavy (non-hydrogen) atoms. The summed E-state index contributed by atoms with van der Waals surface area (Å²) in [5, 5.41) is 10.6. The van der Waals surface area contributed by atoms with Gasteiger partial charge in [-0.25, -0.2) is 4.98 Å². The fraction of sp³-hybridized carbons (Fsp3) is 0.500. The summed E-state index contributed by atoms with van der Waals surface area (Å²) < 4.78 is 11.0. The number of hydrogen-bond acceptors (Lipinski definition) is 6. The zero-order chi connectivity index (χ0) is 16.2. The van der Waals surface area contributed by atoms with Crippen molar-refractivity contribution in [3.63, 3.8) is 0 Å². The molecule has 0 aliphatic carbocycles. The van der Waals surface area contributed by atoms with Crippen LogP contribution in [0.2, 0.25) is 0 Å². The molecule has 124 valence electrons. The second-order valence-electron chi connectivity index (χ2n) is 5.72. The van der Waals surface area contributed by atoms with Crippen molar-refractivity contribution in [1.82, 2.24) is 14.9 Å². The van der Waals surface area contributed by atoms with E-state index < -0.39 is 6.10 Å². The molecule has 7 nitrogen and oxygen atoms in total. The van der Waals surface area contributed by atoms with Gasteiger partial charge in [-0.1, -0.05) is 0 Å². The van der Waals surface area contributed by atoms with Crippen LogP contribution in [0.4, 0.5) is 0 Å². The summed E-state index contributed by atoms with van der Waals surface area (Å²) in [4.78, 5) is 20.7. The van der Waals surface area contributed by atoms with E-state index in [2.05, 4.69) is 14.9 Å². The van der Waals surface area contributed by atoms with Gasteiger partial charge in [0.25, 0.3) is 5.56 Å². The molecule has 1 aliphatic heterocycles. The summed E-state index contributed by atoms with van der Waals surface area (Å²) in [6, 6.07) is 3.26. The fourth-order valence-corrected chi connectivity index (χ4v) is 2.85. The molecule has 1 saturated heterocycles. The summed E-state index contributed by atoms with van der Waals surface area (Å²) in [7, 11) is 1.51.